The van der Waals surface area contributed by atoms with Gasteiger partial charge in [-0.1, -0.05) is 24.3 Å². The van der Waals surface area contributed by atoms with Crippen molar-refractivity contribution in [2.24, 2.45) is 0 Å². The summed E-state index contributed by atoms with van der Waals surface area (Å²) in [5.74, 6) is -0.227. The molecule has 0 saturated carbocycles. The molecule has 26 heavy (non-hydrogen) atoms. The highest BCUT2D eigenvalue weighted by Gasteiger charge is 2.20. The third-order valence-corrected chi connectivity index (χ3v) is 6.34. The molecule has 0 fully saturated rings. The van der Waals surface area contributed by atoms with Crippen LogP contribution in [0.25, 0.3) is 0 Å². The fourth-order valence-corrected chi connectivity index (χ4v) is 4.04. The number of hydrogen-bond donors (Lipinski definition) is 2. The zero-order valence-electron chi connectivity index (χ0n) is 14.9. The number of halogens is 1. The molecule has 1 amide bonds. The van der Waals surface area contributed by atoms with Crippen LogP contribution in [0.3, 0.4) is 0 Å². The van der Waals surface area contributed by atoms with E-state index in [1.54, 1.807) is 24.3 Å². The fourth-order valence-electron chi connectivity index (χ4n) is 2.29. The Labute approximate surface area is 162 Å². The number of anilines is 1. The van der Waals surface area contributed by atoms with Crippen molar-refractivity contribution in [3.05, 3.63) is 58.1 Å². The highest BCUT2D eigenvalue weighted by Crippen LogP contribution is 2.23. The van der Waals surface area contributed by atoms with Gasteiger partial charge in [-0.2, -0.15) is 0 Å². The van der Waals surface area contributed by atoms with Gasteiger partial charge in [0, 0.05) is 30.8 Å². The number of aryl methyl sites for hydroxylation is 1. The van der Waals surface area contributed by atoms with Crippen LogP contribution in [0.1, 0.15) is 11.1 Å². The Morgan fingerprint density at radius 3 is 2.50 bits per heavy atom. The molecular formula is C18H22BrN3O3S. The van der Waals surface area contributed by atoms with Crippen molar-refractivity contribution in [2.75, 3.05) is 26.0 Å². The van der Waals surface area contributed by atoms with E-state index in [0.717, 1.165) is 20.0 Å². The van der Waals surface area contributed by atoms with Crippen LogP contribution >= 0.6 is 15.9 Å². The molecule has 0 radical (unpaired) electrons. The van der Waals surface area contributed by atoms with Gasteiger partial charge in [0.05, 0.1) is 11.4 Å². The Kier molecular flexibility index (Phi) is 6.80. The molecule has 0 aliphatic heterocycles. The van der Waals surface area contributed by atoms with E-state index in [0.29, 0.717) is 5.56 Å². The lowest BCUT2D eigenvalue weighted by molar-refractivity contribution is -0.119. The quantitative estimate of drug-likeness (QED) is 0.694. The number of nitrogens with zero attached hydrogens (tertiary/aromatic N) is 1. The van der Waals surface area contributed by atoms with E-state index < -0.39 is 10.0 Å². The minimum absolute atomic E-state index is 0.0876. The van der Waals surface area contributed by atoms with Crippen LogP contribution in [0, 0.1) is 6.92 Å². The molecule has 0 heterocycles. The summed E-state index contributed by atoms with van der Waals surface area (Å²) in [5.41, 5.74) is 2.48. The van der Waals surface area contributed by atoms with Gasteiger partial charge in [-0.25, -0.2) is 12.7 Å². The van der Waals surface area contributed by atoms with Crippen molar-refractivity contribution in [1.82, 2.24) is 9.62 Å². The van der Waals surface area contributed by atoms with Crippen molar-refractivity contribution in [2.45, 2.75) is 18.4 Å². The molecule has 2 aromatic carbocycles. The number of benzene rings is 2. The molecule has 2 rings (SSSR count). The largest absolute Gasteiger partial charge is 0.375 e. The molecular weight excluding hydrogens is 418 g/mol. The van der Waals surface area contributed by atoms with Gasteiger partial charge in [-0.3, -0.25) is 4.79 Å². The summed E-state index contributed by atoms with van der Waals surface area (Å²) < 4.78 is 26.8. The molecule has 140 valence electrons. The maximum atomic E-state index is 12.4. The Hall–Kier alpha value is -1.90. The van der Waals surface area contributed by atoms with Gasteiger partial charge >= 0.3 is 0 Å². The number of nitrogens with one attached hydrogen (secondary N) is 2. The molecule has 2 N–H and O–H groups in total. The predicted molar refractivity (Wildman–Crippen MR) is 107 cm³/mol. The molecule has 2 aromatic rings. The van der Waals surface area contributed by atoms with Crippen LogP contribution in [0.4, 0.5) is 5.69 Å². The van der Waals surface area contributed by atoms with Crippen LogP contribution in [-0.2, 0) is 21.4 Å². The van der Waals surface area contributed by atoms with Gasteiger partial charge in [0.25, 0.3) is 0 Å². The van der Waals surface area contributed by atoms with E-state index in [-0.39, 0.29) is 23.9 Å². The number of carbonyl (C=O) groups is 1. The van der Waals surface area contributed by atoms with Crippen molar-refractivity contribution in [3.63, 3.8) is 0 Å². The number of rotatable bonds is 7. The highest BCUT2D eigenvalue weighted by atomic mass is 79.9. The van der Waals surface area contributed by atoms with E-state index in [9.17, 15) is 13.2 Å². The van der Waals surface area contributed by atoms with Gasteiger partial charge in [0.15, 0.2) is 0 Å². The van der Waals surface area contributed by atoms with Gasteiger partial charge in [0.1, 0.15) is 0 Å². The molecule has 0 spiro atoms. The number of carbonyl (C=O) groups excluding carboxylic acids is 1. The standard InChI is InChI=1S/C18H22BrN3O3S/c1-13-8-9-16(15(19)10-13)20-12-18(23)21-11-14-6-4-5-7-17(14)26(24,25)22(2)3/h4-10,20H,11-12H2,1-3H3,(H,21,23). The summed E-state index contributed by atoms with van der Waals surface area (Å²) in [7, 11) is -0.600. The number of hydrogen-bond acceptors (Lipinski definition) is 4. The summed E-state index contributed by atoms with van der Waals surface area (Å²) in [5, 5.41) is 5.81. The van der Waals surface area contributed by atoms with Crippen molar-refractivity contribution < 1.29 is 13.2 Å². The number of sulfonamides is 1. The number of amides is 1. The summed E-state index contributed by atoms with van der Waals surface area (Å²) in [6.07, 6.45) is 0. The zero-order valence-corrected chi connectivity index (χ0v) is 17.3. The Morgan fingerprint density at radius 1 is 1.15 bits per heavy atom. The van der Waals surface area contributed by atoms with Gasteiger partial charge in [-0.05, 0) is 52.2 Å². The summed E-state index contributed by atoms with van der Waals surface area (Å²) >= 11 is 3.45. The van der Waals surface area contributed by atoms with Crippen LogP contribution in [0.15, 0.2) is 51.8 Å². The van der Waals surface area contributed by atoms with Gasteiger partial charge in [0.2, 0.25) is 15.9 Å². The first-order chi connectivity index (χ1) is 12.2. The average molecular weight is 440 g/mol. The Balaban J connectivity index is 2.00. The second-order valence-corrected chi connectivity index (χ2v) is 8.98. The maximum Gasteiger partial charge on any atom is 0.242 e. The fraction of sp³-hybridized carbons (Fsp3) is 0.278. The molecule has 0 saturated heterocycles. The zero-order chi connectivity index (χ0) is 19.3. The Morgan fingerprint density at radius 2 is 1.85 bits per heavy atom. The van der Waals surface area contributed by atoms with E-state index in [4.69, 9.17) is 0 Å². The molecule has 0 bridgehead atoms. The minimum atomic E-state index is -3.56. The SMILES string of the molecule is Cc1ccc(NCC(=O)NCc2ccccc2S(=O)(=O)N(C)C)c(Br)c1. The first-order valence-corrected chi connectivity index (χ1v) is 10.2. The molecule has 0 atom stereocenters. The third kappa shape index (κ3) is 5.06. The van der Waals surface area contributed by atoms with Crippen molar-refractivity contribution >= 4 is 37.5 Å². The smallest absolute Gasteiger partial charge is 0.242 e. The second-order valence-electron chi connectivity index (χ2n) is 6.01. The van der Waals surface area contributed by atoms with E-state index in [1.165, 1.54) is 14.1 Å². The molecule has 8 heteroatoms. The van der Waals surface area contributed by atoms with Crippen molar-refractivity contribution in [1.29, 1.82) is 0 Å². The van der Waals surface area contributed by atoms with E-state index >= 15 is 0 Å². The molecule has 6 nitrogen and oxygen atoms in total. The lowest BCUT2D eigenvalue weighted by Crippen LogP contribution is -2.31. The predicted octanol–water partition coefficient (Wildman–Crippen LogP) is 2.74. The first kappa shape index (κ1) is 20.4. The molecule has 0 aromatic heterocycles. The van der Waals surface area contributed by atoms with E-state index in [2.05, 4.69) is 26.6 Å². The monoisotopic (exact) mass is 439 g/mol. The lowest BCUT2D eigenvalue weighted by atomic mass is 10.2. The molecule has 0 aliphatic carbocycles. The first-order valence-electron chi connectivity index (χ1n) is 7.99. The Bertz CT molecular complexity index is 898. The van der Waals surface area contributed by atoms with Crippen LogP contribution < -0.4 is 10.6 Å². The van der Waals surface area contributed by atoms with E-state index in [1.807, 2.05) is 25.1 Å². The third-order valence-electron chi connectivity index (χ3n) is 3.77. The van der Waals surface area contributed by atoms with Gasteiger partial charge < -0.3 is 10.6 Å². The average Bonchev–Trinajstić information content (AvgIpc) is 2.59. The topological polar surface area (TPSA) is 78.5 Å². The van der Waals surface area contributed by atoms with Crippen molar-refractivity contribution in [3.8, 4) is 0 Å². The minimum Gasteiger partial charge on any atom is -0.375 e. The maximum absolute atomic E-state index is 12.4. The second kappa shape index (κ2) is 8.66. The van der Waals surface area contributed by atoms with Crippen LogP contribution in [0.5, 0.6) is 0 Å². The lowest BCUT2D eigenvalue weighted by Gasteiger charge is -2.15. The van der Waals surface area contributed by atoms with Crippen LogP contribution in [0.2, 0.25) is 0 Å². The van der Waals surface area contributed by atoms with Crippen LogP contribution in [-0.4, -0.2) is 39.3 Å². The summed E-state index contributed by atoms with van der Waals surface area (Å²) in [4.78, 5) is 12.3. The highest BCUT2D eigenvalue weighted by molar-refractivity contribution is 9.10. The molecule has 0 aliphatic rings. The summed E-state index contributed by atoms with van der Waals surface area (Å²) in [6, 6.07) is 12.5. The normalized spacial score (nSPS) is 11.4. The summed E-state index contributed by atoms with van der Waals surface area (Å²) in [6.45, 7) is 2.21. The van der Waals surface area contributed by atoms with Gasteiger partial charge in [-0.15, -0.1) is 0 Å². The molecule has 0 unspecified atom stereocenters.